The largest absolute Gasteiger partial charge is 0.493 e. The molecule has 0 saturated carbocycles. The van der Waals surface area contributed by atoms with Crippen LogP contribution in [0.4, 0.5) is 0 Å². The standard InChI is InChI=1S/C33H32BNO4/c34-32(29-16-9-10-17-30(29)39-23-11-3-8-18-31(36)37)35(24-25-12-4-1-5-13-25)33(38)28-21-19-27(20-22-28)26-14-6-2-7-15-26/h1-2,4-7,9-10,12-17,19-22,32H,3,8,11,18,23-24H2,(H,36,37). The third kappa shape index (κ3) is 7.84. The van der Waals surface area contributed by atoms with Gasteiger partial charge in [0.25, 0.3) is 5.91 Å². The molecule has 1 atom stereocenters. The van der Waals surface area contributed by atoms with Gasteiger partial charge < -0.3 is 14.7 Å². The minimum atomic E-state index is -0.787. The van der Waals surface area contributed by atoms with Crippen molar-refractivity contribution >= 4 is 19.7 Å². The van der Waals surface area contributed by atoms with Crippen LogP contribution in [0.2, 0.25) is 0 Å². The van der Waals surface area contributed by atoms with Gasteiger partial charge in [0.2, 0.25) is 0 Å². The van der Waals surface area contributed by atoms with Crippen LogP contribution in [-0.2, 0) is 11.3 Å². The van der Waals surface area contributed by atoms with Crippen LogP contribution < -0.4 is 4.74 Å². The number of carbonyl (C=O) groups excluding carboxylic acids is 1. The molecular weight excluding hydrogens is 485 g/mol. The van der Waals surface area contributed by atoms with E-state index in [0.29, 0.717) is 36.4 Å². The Kier molecular flexibility index (Phi) is 9.95. The predicted octanol–water partition coefficient (Wildman–Crippen LogP) is 6.89. The van der Waals surface area contributed by atoms with Crippen LogP contribution in [-0.4, -0.2) is 36.3 Å². The molecule has 0 saturated heterocycles. The number of hydrogen-bond donors (Lipinski definition) is 1. The lowest BCUT2D eigenvalue weighted by molar-refractivity contribution is -0.137. The Morgan fingerprint density at radius 1 is 0.744 bits per heavy atom. The number of unbranched alkanes of at least 4 members (excludes halogenated alkanes) is 2. The number of carboxylic acids is 1. The topological polar surface area (TPSA) is 66.8 Å². The van der Waals surface area contributed by atoms with Gasteiger partial charge in [-0.25, -0.2) is 0 Å². The Morgan fingerprint density at radius 3 is 2.05 bits per heavy atom. The number of carboxylic acid groups (broad SMARTS) is 1. The molecule has 1 unspecified atom stereocenters. The lowest BCUT2D eigenvalue weighted by Gasteiger charge is -2.31. The molecule has 5 nitrogen and oxygen atoms in total. The third-order valence-corrected chi connectivity index (χ3v) is 6.56. The maximum absolute atomic E-state index is 13.9. The average molecular weight is 517 g/mol. The van der Waals surface area contributed by atoms with Gasteiger partial charge in [0, 0.05) is 30.0 Å². The van der Waals surface area contributed by atoms with E-state index in [1.165, 1.54) is 0 Å². The average Bonchev–Trinajstić information content (AvgIpc) is 2.98. The number of carbonyl (C=O) groups is 2. The Balaban J connectivity index is 1.54. The second kappa shape index (κ2) is 14.0. The van der Waals surface area contributed by atoms with E-state index in [9.17, 15) is 9.59 Å². The first-order chi connectivity index (χ1) is 19.0. The molecule has 4 aromatic rings. The molecule has 1 amide bonds. The number of nitrogens with zero attached hydrogens (tertiary/aromatic N) is 1. The summed E-state index contributed by atoms with van der Waals surface area (Å²) in [5.41, 5.74) is 4.36. The molecule has 4 rings (SSSR count). The Bertz CT molecular complexity index is 1340. The monoisotopic (exact) mass is 517 g/mol. The summed E-state index contributed by atoms with van der Waals surface area (Å²) in [6.45, 7) is 0.779. The SMILES string of the molecule is [B]C(c1ccccc1OCCCCCC(=O)O)N(Cc1ccccc1)C(=O)c1ccc(-c2ccccc2)cc1. The van der Waals surface area contributed by atoms with Gasteiger partial charge in [0.05, 0.1) is 6.61 Å². The molecule has 39 heavy (non-hydrogen) atoms. The molecule has 0 aliphatic carbocycles. The second-order valence-corrected chi connectivity index (χ2v) is 9.40. The normalized spacial score (nSPS) is 11.5. The zero-order valence-electron chi connectivity index (χ0n) is 21.9. The van der Waals surface area contributed by atoms with Crippen molar-refractivity contribution in [3.63, 3.8) is 0 Å². The predicted molar refractivity (Wildman–Crippen MR) is 155 cm³/mol. The van der Waals surface area contributed by atoms with Crippen molar-refractivity contribution in [2.75, 3.05) is 6.61 Å². The highest BCUT2D eigenvalue weighted by Crippen LogP contribution is 2.30. The number of rotatable bonds is 13. The summed E-state index contributed by atoms with van der Waals surface area (Å²) in [6.07, 6.45) is 2.27. The van der Waals surface area contributed by atoms with Crippen LogP contribution in [0.1, 0.15) is 53.1 Å². The fraction of sp³-hybridized carbons (Fsp3) is 0.212. The van der Waals surface area contributed by atoms with E-state index in [-0.39, 0.29) is 12.3 Å². The van der Waals surface area contributed by atoms with Gasteiger partial charge in [-0.15, -0.1) is 0 Å². The van der Waals surface area contributed by atoms with Gasteiger partial charge >= 0.3 is 5.97 Å². The molecule has 0 bridgehead atoms. The minimum absolute atomic E-state index is 0.157. The maximum Gasteiger partial charge on any atom is 0.303 e. The number of para-hydroxylation sites is 1. The van der Waals surface area contributed by atoms with E-state index in [2.05, 4.69) is 0 Å². The van der Waals surface area contributed by atoms with E-state index in [4.69, 9.17) is 17.7 Å². The maximum atomic E-state index is 13.9. The van der Waals surface area contributed by atoms with Crippen molar-refractivity contribution < 1.29 is 19.4 Å². The quantitative estimate of drug-likeness (QED) is 0.155. The van der Waals surface area contributed by atoms with E-state index in [0.717, 1.165) is 29.5 Å². The van der Waals surface area contributed by atoms with Crippen molar-refractivity contribution in [3.8, 4) is 16.9 Å². The molecule has 4 aromatic carbocycles. The zero-order chi connectivity index (χ0) is 27.5. The summed E-state index contributed by atoms with van der Waals surface area (Å²) in [5, 5.41) is 8.82. The smallest absolute Gasteiger partial charge is 0.303 e. The zero-order valence-corrected chi connectivity index (χ0v) is 21.9. The van der Waals surface area contributed by atoms with Crippen molar-refractivity contribution in [2.45, 2.75) is 38.2 Å². The van der Waals surface area contributed by atoms with E-state index in [1.54, 1.807) is 4.90 Å². The molecule has 6 heteroatoms. The van der Waals surface area contributed by atoms with Crippen molar-refractivity contribution in [2.24, 2.45) is 0 Å². The fourth-order valence-corrected chi connectivity index (χ4v) is 4.44. The number of benzene rings is 4. The van der Waals surface area contributed by atoms with Gasteiger partial charge in [-0.2, -0.15) is 0 Å². The molecule has 0 aliphatic heterocycles. The van der Waals surface area contributed by atoms with Crippen molar-refractivity contribution in [1.29, 1.82) is 0 Å². The number of ether oxygens (including phenoxy) is 1. The summed E-state index contributed by atoms with van der Waals surface area (Å²) < 4.78 is 6.05. The van der Waals surface area contributed by atoms with Crippen LogP contribution >= 0.6 is 0 Å². The van der Waals surface area contributed by atoms with Gasteiger partial charge in [-0.3, -0.25) is 9.59 Å². The third-order valence-electron chi connectivity index (χ3n) is 6.56. The summed E-state index contributed by atoms with van der Waals surface area (Å²) in [5.74, 6) is -1.08. The first-order valence-electron chi connectivity index (χ1n) is 13.2. The van der Waals surface area contributed by atoms with Crippen molar-refractivity contribution in [1.82, 2.24) is 4.90 Å². The summed E-state index contributed by atoms with van der Waals surface area (Å²) in [6, 6.07) is 34.9. The number of hydrogen-bond acceptors (Lipinski definition) is 3. The van der Waals surface area contributed by atoms with Crippen molar-refractivity contribution in [3.05, 3.63) is 126 Å². The Hall–Kier alpha value is -4.32. The van der Waals surface area contributed by atoms with Crippen LogP contribution in [0.25, 0.3) is 11.1 Å². The summed E-state index contributed by atoms with van der Waals surface area (Å²) in [4.78, 5) is 26.3. The van der Waals surface area contributed by atoms with Crippen LogP contribution in [0, 0.1) is 0 Å². The first-order valence-corrected chi connectivity index (χ1v) is 13.2. The second-order valence-electron chi connectivity index (χ2n) is 9.40. The van der Waals surface area contributed by atoms with E-state index < -0.39 is 11.9 Å². The first kappa shape index (κ1) is 27.7. The van der Waals surface area contributed by atoms with Crippen LogP contribution in [0.15, 0.2) is 109 Å². The molecule has 0 spiro atoms. The molecule has 0 heterocycles. The molecule has 196 valence electrons. The van der Waals surface area contributed by atoms with Gasteiger partial charge in [-0.1, -0.05) is 91.0 Å². The van der Waals surface area contributed by atoms with E-state index in [1.807, 2.05) is 109 Å². The molecule has 0 fully saturated rings. The Morgan fingerprint density at radius 2 is 1.36 bits per heavy atom. The minimum Gasteiger partial charge on any atom is -0.493 e. The van der Waals surface area contributed by atoms with Gasteiger partial charge in [0.1, 0.15) is 13.6 Å². The molecule has 2 radical (unpaired) electrons. The van der Waals surface area contributed by atoms with Crippen LogP contribution in [0.5, 0.6) is 5.75 Å². The lowest BCUT2D eigenvalue weighted by atomic mass is 9.85. The highest BCUT2D eigenvalue weighted by molar-refractivity contribution is 6.14. The lowest BCUT2D eigenvalue weighted by Crippen LogP contribution is -2.35. The summed E-state index contributed by atoms with van der Waals surface area (Å²) in [7, 11) is 6.79. The summed E-state index contributed by atoms with van der Waals surface area (Å²) >= 11 is 0. The molecular formula is C33H32BNO4. The Labute approximate surface area is 231 Å². The molecule has 0 aliphatic rings. The van der Waals surface area contributed by atoms with Gasteiger partial charge in [0.15, 0.2) is 0 Å². The highest BCUT2D eigenvalue weighted by Gasteiger charge is 2.25. The number of amides is 1. The molecule has 0 aromatic heterocycles. The highest BCUT2D eigenvalue weighted by atomic mass is 16.5. The molecule has 1 N–H and O–H groups in total. The number of aliphatic carboxylic acids is 1. The van der Waals surface area contributed by atoms with E-state index >= 15 is 0 Å². The van der Waals surface area contributed by atoms with Crippen LogP contribution in [0.3, 0.4) is 0 Å². The van der Waals surface area contributed by atoms with Gasteiger partial charge in [-0.05, 0) is 54.2 Å². The fourth-order valence-electron chi connectivity index (χ4n) is 4.44.